The zero-order valence-corrected chi connectivity index (χ0v) is 11.7. The first kappa shape index (κ1) is 13.0. The largest absolute Gasteiger partial charge is 0.389 e. The summed E-state index contributed by atoms with van der Waals surface area (Å²) in [5.41, 5.74) is 1.48. The van der Waals surface area contributed by atoms with Gasteiger partial charge in [-0.15, -0.1) is 0 Å². The molecule has 1 unspecified atom stereocenters. The molecule has 0 aliphatic carbocycles. The third-order valence-electron chi connectivity index (χ3n) is 2.82. The van der Waals surface area contributed by atoms with Crippen LogP contribution >= 0.6 is 34.8 Å². The van der Waals surface area contributed by atoms with Crippen molar-refractivity contribution in [3.63, 3.8) is 0 Å². The summed E-state index contributed by atoms with van der Waals surface area (Å²) >= 11 is 18.5. The second-order valence-corrected chi connectivity index (χ2v) is 5.03. The lowest BCUT2D eigenvalue weighted by Gasteiger charge is -2.05. The highest BCUT2D eigenvalue weighted by Crippen LogP contribution is 2.40. The summed E-state index contributed by atoms with van der Waals surface area (Å²) in [4.78, 5) is 0. The van der Waals surface area contributed by atoms with Crippen molar-refractivity contribution in [3.8, 4) is 0 Å². The standard InChI is InChI=1S/C12H12Cl3NO/c1-3-16-11-7(4-5-8(13)10(11)14)9(6(2)17)12(16)15/h4-6,17H,3H2,1-2H3. The average molecular weight is 293 g/mol. The van der Waals surface area contributed by atoms with Crippen LogP contribution in [-0.4, -0.2) is 9.67 Å². The Morgan fingerprint density at radius 2 is 1.94 bits per heavy atom. The van der Waals surface area contributed by atoms with Crippen molar-refractivity contribution in [2.75, 3.05) is 0 Å². The third kappa shape index (κ3) is 1.93. The van der Waals surface area contributed by atoms with E-state index in [1.165, 1.54) is 0 Å². The van der Waals surface area contributed by atoms with E-state index in [4.69, 9.17) is 34.8 Å². The molecule has 1 aromatic heterocycles. The predicted octanol–water partition coefficient (Wildman–Crippen LogP) is 4.67. The van der Waals surface area contributed by atoms with Crippen LogP contribution in [0.5, 0.6) is 0 Å². The van der Waals surface area contributed by atoms with Crippen molar-refractivity contribution in [2.24, 2.45) is 0 Å². The van der Waals surface area contributed by atoms with Gasteiger partial charge in [0.2, 0.25) is 0 Å². The van der Waals surface area contributed by atoms with E-state index in [0.29, 0.717) is 27.3 Å². The van der Waals surface area contributed by atoms with Gasteiger partial charge < -0.3 is 9.67 Å². The molecule has 5 heteroatoms. The molecule has 92 valence electrons. The highest BCUT2D eigenvalue weighted by Gasteiger charge is 2.21. The van der Waals surface area contributed by atoms with Gasteiger partial charge in [0.25, 0.3) is 0 Å². The molecule has 0 radical (unpaired) electrons. The monoisotopic (exact) mass is 291 g/mol. The topological polar surface area (TPSA) is 25.2 Å². The van der Waals surface area contributed by atoms with Crippen molar-refractivity contribution in [1.29, 1.82) is 0 Å². The van der Waals surface area contributed by atoms with Crippen LogP contribution in [-0.2, 0) is 6.54 Å². The van der Waals surface area contributed by atoms with Crippen molar-refractivity contribution < 1.29 is 5.11 Å². The Morgan fingerprint density at radius 1 is 1.29 bits per heavy atom. The first-order chi connectivity index (χ1) is 7.99. The Balaban J connectivity index is 2.95. The number of aryl methyl sites for hydroxylation is 1. The normalized spacial score (nSPS) is 13.3. The van der Waals surface area contributed by atoms with E-state index in [1.54, 1.807) is 13.0 Å². The SMILES string of the molecule is CCn1c(Cl)c(C(C)O)c2ccc(Cl)c(Cl)c21. The molecule has 17 heavy (non-hydrogen) atoms. The molecule has 2 rings (SSSR count). The summed E-state index contributed by atoms with van der Waals surface area (Å²) in [6, 6.07) is 3.55. The number of nitrogens with zero attached hydrogens (tertiary/aromatic N) is 1. The molecule has 0 amide bonds. The average Bonchev–Trinajstić information content (AvgIpc) is 2.56. The third-order valence-corrected chi connectivity index (χ3v) is 4.02. The maximum atomic E-state index is 9.80. The highest BCUT2D eigenvalue weighted by molar-refractivity contribution is 6.45. The summed E-state index contributed by atoms with van der Waals surface area (Å²) in [6.07, 6.45) is -0.643. The van der Waals surface area contributed by atoms with Gasteiger partial charge in [0.05, 0.1) is 21.7 Å². The van der Waals surface area contributed by atoms with Gasteiger partial charge in [0.1, 0.15) is 5.15 Å². The van der Waals surface area contributed by atoms with Crippen LogP contribution in [0.15, 0.2) is 12.1 Å². The van der Waals surface area contributed by atoms with Gasteiger partial charge >= 0.3 is 0 Å². The molecule has 0 saturated carbocycles. The van der Waals surface area contributed by atoms with E-state index in [1.807, 2.05) is 17.6 Å². The van der Waals surface area contributed by atoms with E-state index >= 15 is 0 Å². The first-order valence-corrected chi connectivity index (χ1v) is 6.46. The van der Waals surface area contributed by atoms with E-state index < -0.39 is 6.10 Å². The molecule has 0 aliphatic rings. The summed E-state index contributed by atoms with van der Waals surface area (Å²) in [5.74, 6) is 0. The zero-order valence-electron chi connectivity index (χ0n) is 9.47. The molecule has 0 bridgehead atoms. The first-order valence-electron chi connectivity index (χ1n) is 5.32. The molecule has 0 aliphatic heterocycles. The van der Waals surface area contributed by atoms with Crippen LogP contribution in [0.3, 0.4) is 0 Å². The minimum atomic E-state index is -0.643. The number of rotatable bonds is 2. The maximum absolute atomic E-state index is 9.80. The summed E-state index contributed by atoms with van der Waals surface area (Å²) < 4.78 is 1.85. The summed E-state index contributed by atoms with van der Waals surface area (Å²) in [5, 5.41) is 12.1. The molecular formula is C12H12Cl3NO. The van der Waals surface area contributed by atoms with Crippen molar-refractivity contribution in [2.45, 2.75) is 26.5 Å². The van der Waals surface area contributed by atoms with Crippen LogP contribution < -0.4 is 0 Å². The van der Waals surface area contributed by atoms with Gasteiger partial charge in [0.15, 0.2) is 0 Å². The molecule has 1 aromatic carbocycles. The Morgan fingerprint density at radius 3 is 2.47 bits per heavy atom. The lowest BCUT2D eigenvalue weighted by atomic mass is 10.1. The molecule has 1 atom stereocenters. The van der Waals surface area contributed by atoms with Crippen molar-refractivity contribution >= 4 is 45.7 Å². The fourth-order valence-electron chi connectivity index (χ4n) is 2.07. The van der Waals surface area contributed by atoms with E-state index in [-0.39, 0.29) is 0 Å². The van der Waals surface area contributed by atoms with Crippen LogP contribution in [0, 0.1) is 0 Å². The molecule has 1 N–H and O–H groups in total. The molecule has 2 aromatic rings. The fourth-order valence-corrected chi connectivity index (χ4v) is 2.95. The van der Waals surface area contributed by atoms with Gasteiger partial charge in [-0.1, -0.05) is 40.9 Å². The number of hydrogen-bond acceptors (Lipinski definition) is 1. The summed E-state index contributed by atoms with van der Waals surface area (Å²) in [7, 11) is 0. The smallest absolute Gasteiger partial charge is 0.115 e. The Kier molecular flexibility index (Phi) is 3.60. The minimum Gasteiger partial charge on any atom is -0.389 e. The number of hydrogen-bond donors (Lipinski definition) is 1. The molecule has 0 saturated heterocycles. The minimum absolute atomic E-state index is 0.472. The molecule has 2 nitrogen and oxygen atoms in total. The lowest BCUT2D eigenvalue weighted by molar-refractivity contribution is 0.200. The number of aliphatic hydroxyl groups excluding tert-OH is 1. The van der Waals surface area contributed by atoms with E-state index in [2.05, 4.69) is 0 Å². The molecule has 0 spiro atoms. The predicted molar refractivity (Wildman–Crippen MR) is 73.3 cm³/mol. The van der Waals surface area contributed by atoms with Crippen LogP contribution in [0.25, 0.3) is 10.9 Å². The second-order valence-electron chi connectivity index (χ2n) is 3.88. The van der Waals surface area contributed by atoms with Gasteiger partial charge in [-0.05, 0) is 19.9 Å². The van der Waals surface area contributed by atoms with Gasteiger partial charge in [0, 0.05) is 17.5 Å². The van der Waals surface area contributed by atoms with Crippen LogP contribution in [0.2, 0.25) is 15.2 Å². The highest BCUT2D eigenvalue weighted by atomic mass is 35.5. The van der Waals surface area contributed by atoms with Gasteiger partial charge in [-0.3, -0.25) is 0 Å². The number of aromatic nitrogens is 1. The number of fused-ring (bicyclic) bond motifs is 1. The molecule has 1 heterocycles. The fraction of sp³-hybridized carbons (Fsp3) is 0.333. The Hall–Kier alpha value is -0.410. The van der Waals surface area contributed by atoms with Crippen molar-refractivity contribution in [1.82, 2.24) is 4.57 Å². The number of benzene rings is 1. The number of aliphatic hydroxyl groups is 1. The second kappa shape index (κ2) is 4.69. The Labute approximate surface area is 115 Å². The maximum Gasteiger partial charge on any atom is 0.115 e. The summed E-state index contributed by atoms with van der Waals surface area (Å²) in [6.45, 7) is 4.32. The van der Waals surface area contributed by atoms with E-state index in [9.17, 15) is 5.11 Å². The molecular weight excluding hydrogens is 280 g/mol. The van der Waals surface area contributed by atoms with Gasteiger partial charge in [-0.25, -0.2) is 0 Å². The van der Waals surface area contributed by atoms with Crippen LogP contribution in [0.1, 0.15) is 25.5 Å². The molecule has 0 fully saturated rings. The van der Waals surface area contributed by atoms with Crippen molar-refractivity contribution in [3.05, 3.63) is 32.9 Å². The van der Waals surface area contributed by atoms with E-state index in [0.717, 1.165) is 10.9 Å². The Bertz CT molecular complexity index is 575. The lowest BCUT2D eigenvalue weighted by Crippen LogP contribution is -1.95. The quantitative estimate of drug-likeness (QED) is 0.854. The van der Waals surface area contributed by atoms with Crippen LogP contribution in [0.4, 0.5) is 0 Å². The van der Waals surface area contributed by atoms with Gasteiger partial charge in [-0.2, -0.15) is 0 Å². The number of halogens is 3. The zero-order chi connectivity index (χ0) is 12.7.